The van der Waals surface area contributed by atoms with Crippen molar-refractivity contribution < 1.29 is 14.4 Å². The van der Waals surface area contributed by atoms with E-state index >= 15 is 0 Å². The van der Waals surface area contributed by atoms with Crippen molar-refractivity contribution in [2.75, 3.05) is 13.1 Å². The van der Waals surface area contributed by atoms with Gasteiger partial charge in [-0.2, -0.15) is 0 Å². The van der Waals surface area contributed by atoms with Gasteiger partial charge in [-0.25, -0.2) is 4.98 Å². The lowest BCUT2D eigenvalue weighted by molar-refractivity contribution is -0.142. The minimum absolute atomic E-state index is 0.0644. The van der Waals surface area contributed by atoms with Gasteiger partial charge in [0.1, 0.15) is 5.75 Å². The van der Waals surface area contributed by atoms with E-state index in [-0.39, 0.29) is 11.7 Å². The van der Waals surface area contributed by atoms with E-state index < -0.39 is 6.10 Å². The van der Waals surface area contributed by atoms with E-state index in [1.54, 1.807) is 25.3 Å². The van der Waals surface area contributed by atoms with E-state index in [1.807, 2.05) is 35.2 Å². The number of oxime groups is 1. The molecule has 1 unspecified atom stereocenters. The van der Waals surface area contributed by atoms with Gasteiger partial charge < -0.3 is 20.2 Å². The number of aromatic nitrogens is 1. The standard InChI is InChI=1S/C21H26N4O3/c1-16(21(26)25-14-7-2-3-8-15-25)28-24-19(22)18-12-9-13-23-20(18)27-17-10-5-4-6-11-17/h4-6,9-13,16H,2-3,7-8,14-15H2,1H3,(H2,22,24). The van der Waals surface area contributed by atoms with Crippen molar-refractivity contribution in [1.82, 2.24) is 9.88 Å². The molecule has 3 rings (SSSR count). The zero-order valence-electron chi connectivity index (χ0n) is 16.1. The number of carbonyl (C=O) groups is 1. The van der Waals surface area contributed by atoms with Crippen molar-refractivity contribution in [3.05, 3.63) is 54.2 Å². The molecule has 0 saturated carbocycles. The largest absolute Gasteiger partial charge is 0.438 e. The third kappa shape index (κ3) is 5.22. The van der Waals surface area contributed by atoms with Crippen LogP contribution in [0.4, 0.5) is 0 Å². The van der Waals surface area contributed by atoms with Crippen LogP contribution >= 0.6 is 0 Å². The molecular formula is C21H26N4O3. The summed E-state index contributed by atoms with van der Waals surface area (Å²) in [4.78, 5) is 24.0. The maximum absolute atomic E-state index is 12.6. The molecule has 148 valence electrons. The number of nitrogens with two attached hydrogens (primary N) is 1. The third-order valence-electron chi connectivity index (χ3n) is 4.58. The minimum Gasteiger partial charge on any atom is -0.438 e. The van der Waals surface area contributed by atoms with Crippen LogP contribution in [-0.2, 0) is 9.63 Å². The zero-order valence-corrected chi connectivity index (χ0v) is 16.1. The van der Waals surface area contributed by atoms with Gasteiger partial charge in [-0.15, -0.1) is 0 Å². The van der Waals surface area contributed by atoms with Gasteiger partial charge in [0.2, 0.25) is 12.0 Å². The molecule has 7 heteroatoms. The number of carbonyl (C=O) groups excluding carboxylic acids is 1. The van der Waals surface area contributed by atoms with Crippen molar-refractivity contribution in [1.29, 1.82) is 0 Å². The van der Waals surface area contributed by atoms with Gasteiger partial charge >= 0.3 is 0 Å². The highest BCUT2D eigenvalue weighted by atomic mass is 16.6. The summed E-state index contributed by atoms with van der Waals surface area (Å²) in [6.07, 6.45) is 5.29. The number of nitrogens with zero attached hydrogens (tertiary/aromatic N) is 3. The summed E-state index contributed by atoms with van der Waals surface area (Å²) in [6.45, 7) is 3.22. The van der Waals surface area contributed by atoms with Crippen LogP contribution in [0.2, 0.25) is 0 Å². The number of hydrogen-bond acceptors (Lipinski definition) is 5. The first-order chi connectivity index (χ1) is 13.6. The molecule has 1 atom stereocenters. The second-order valence-electron chi connectivity index (χ2n) is 6.73. The molecule has 1 aliphatic heterocycles. The van der Waals surface area contributed by atoms with Gasteiger partial charge in [-0.3, -0.25) is 4.79 Å². The molecule has 0 radical (unpaired) electrons. The van der Waals surface area contributed by atoms with Crippen molar-refractivity contribution in [3.8, 4) is 11.6 Å². The fourth-order valence-corrected chi connectivity index (χ4v) is 3.05. The average molecular weight is 382 g/mol. The Morgan fingerprint density at radius 3 is 2.54 bits per heavy atom. The van der Waals surface area contributed by atoms with E-state index in [1.165, 1.54) is 0 Å². The molecule has 1 fully saturated rings. The molecule has 0 bridgehead atoms. The van der Waals surface area contributed by atoms with Crippen LogP contribution in [0.3, 0.4) is 0 Å². The summed E-state index contributed by atoms with van der Waals surface area (Å²) in [6, 6.07) is 12.8. The van der Waals surface area contributed by atoms with Gasteiger partial charge in [0.15, 0.2) is 5.84 Å². The Balaban J connectivity index is 1.67. The van der Waals surface area contributed by atoms with Crippen LogP contribution in [0, 0.1) is 0 Å². The first-order valence-corrected chi connectivity index (χ1v) is 9.61. The lowest BCUT2D eigenvalue weighted by Gasteiger charge is -2.22. The number of ether oxygens (including phenoxy) is 1. The Morgan fingerprint density at radius 1 is 1.11 bits per heavy atom. The van der Waals surface area contributed by atoms with E-state index in [0.29, 0.717) is 17.2 Å². The number of amides is 1. The molecular weight excluding hydrogens is 356 g/mol. The number of pyridine rings is 1. The fourth-order valence-electron chi connectivity index (χ4n) is 3.05. The summed E-state index contributed by atoms with van der Waals surface area (Å²) in [7, 11) is 0. The average Bonchev–Trinajstić information content (AvgIpc) is 3.02. The predicted octanol–water partition coefficient (Wildman–Crippen LogP) is 3.30. The zero-order chi connectivity index (χ0) is 19.8. The van der Waals surface area contributed by atoms with E-state index in [2.05, 4.69) is 10.1 Å². The van der Waals surface area contributed by atoms with Gasteiger partial charge in [0, 0.05) is 19.3 Å². The first-order valence-electron chi connectivity index (χ1n) is 9.61. The number of benzene rings is 1. The second kappa shape index (κ2) is 9.73. The van der Waals surface area contributed by atoms with Crippen LogP contribution < -0.4 is 10.5 Å². The summed E-state index contributed by atoms with van der Waals surface area (Å²) in [5.41, 5.74) is 6.58. The van der Waals surface area contributed by atoms with Crippen LogP contribution in [-0.4, -0.2) is 40.8 Å². The fraction of sp³-hybridized carbons (Fsp3) is 0.381. The Labute approximate surface area is 165 Å². The lowest BCUT2D eigenvalue weighted by Crippen LogP contribution is -2.39. The Bertz CT molecular complexity index is 802. The summed E-state index contributed by atoms with van der Waals surface area (Å²) < 4.78 is 5.79. The van der Waals surface area contributed by atoms with Crippen molar-refractivity contribution >= 4 is 11.7 Å². The van der Waals surface area contributed by atoms with Crippen LogP contribution in [0.5, 0.6) is 11.6 Å². The van der Waals surface area contributed by atoms with E-state index in [0.717, 1.165) is 38.8 Å². The Hall–Kier alpha value is -3.09. The SMILES string of the molecule is CC(ON=C(N)c1cccnc1Oc1ccccc1)C(=O)N1CCCCCC1. The molecule has 0 spiro atoms. The molecule has 7 nitrogen and oxygen atoms in total. The molecule has 28 heavy (non-hydrogen) atoms. The topological polar surface area (TPSA) is 90.0 Å². The maximum atomic E-state index is 12.6. The van der Waals surface area contributed by atoms with Crippen LogP contribution in [0.15, 0.2) is 53.8 Å². The predicted molar refractivity (Wildman–Crippen MR) is 107 cm³/mol. The van der Waals surface area contributed by atoms with Crippen molar-refractivity contribution in [3.63, 3.8) is 0 Å². The number of hydrogen-bond donors (Lipinski definition) is 1. The molecule has 1 amide bonds. The molecule has 1 aromatic heterocycles. The number of para-hydroxylation sites is 1. The normalized spacial score (nSPS) is 16.2. The summed E-state index contributed by atoms with van der Waals surface area (Å²) in [5.74, 6) is 1.01. The molecule has 1 aromatic carbocycles. The van der Waals surface area contributed by atoms with Crippen molar-refractivity contribution in [2.45, 2.75) is 38.7 Å². The van der Waals surface area contributed by atoms with E-state index in [4.69, 9.17) is 15.3 Å². The highest BCUT2D eigenvalue weighted by Gasteiger charge is 2.23. The quantitative estimate of drug-likeness (QED) is 0.470. The summed E-state index contributed by atoms with van der Waals surface area (Å²) >= 11 is 0. The van der Waals surface area contributed by atoms with Gasteiger partial charge in [-0.1, -0.05) is 36.2 Å². The molecule has 0 aliphatic carbocycles. The number of rotatable bonds is 6. The third-order valence-corrected chi connectivity index (χ3v) is 4.58. The maximum Gasteiger partial charge on any atom is 0.266 e. The first kappa shape index (κ1) is 19.7. The van der Waals surface area contributed by atoms with Crippen LogP contribution in [0.1, 0.15) is 38.2 Å². The second-order valence-corrected chi connectivity index (χ2v) is 6.73. The van der Waals surface area contributed by atoms with E-state index in [9.17, 15) is 4.79 Å². The molecule has 1 aliphatic rings. The van der Waals surface area contributed by atoms with Gasteiger partial charge in [-0.05, 0) is 44.0 Å². The van der Waals surface area contributed by atoms with Gasteiger partial charge in [0.05, 0.1) is 5.56 Å². The molecule has 2 N–H and O–H groups in total. The highest BCUT2D eigenvalue weighted by Crippen LogP contribution is 2.22. The molecule has 2 aromatic rings. The summed E-state index contributed by atoms with van der Waals surface area (Å²) in [5, 5.41) is 3.96. The number of likely N-dealkylation sites (tertiary alicyclic amines) is 1. The monoisotopic (exact) mass is 382 g/mol. The smallest absolute Gasteiger partial charge is 0.266 e. The molecule has 1 saturated heterocycles. The Morgan fingerprint density at radius 2 is 1.82 bits per heavy atom. The number of amidine groups is 1. The van der Waals surface area contributed by atoms with Crippen LogP contribution in [0.25, 0.3) is 0 Å². The minimum atomic E-state index is -0.702. The molecule has 2 heterocycles. The van der Waals surface area contributed by atoms with Gasteiger partial charge in [0.25, 0.3) is 5.91 Å². The Kier molecular flexibility index (Phi) is 6.84. The van der Waals surface area contributed by atoms with Crippen molar-refractivity contribution in [2.24, 2.45) is 10.9 Å². The lowest BCUT2D eigenvalue weighted by atomic mass is 10.2. The highest BCUT2D eigenvalue weighted by molar-refractivity contribution is 5.99.